The summed E-state index contributed by atoms with van der Waals surface area (Å²) >= 11 is 5.94. The molecule has 1 heterocycles. The lowest BCUT2D eigenvalue weighted by Crippen LogP contribution is -1.98. The van der Waals surface area contributed by atoms with Gasteiger partial charge in [-0.1, -0.05) is 11.6 Å². The molecule has 1 aromatic heterocycles. The smallest absolute Gasteiger partial charge is 0.141 e. The number of imidazole rings is 1. The minimum atomic E-state index is -0.291. The molecule has 3 nitrogen and oxygen atoms in total. The van der Waals surface area contributed by atoms with Crippen molar-refractivity contribution < 1.29 is 4.39 Å². The van der Waals surface area contributed by atoms with Crippen LogP contribution < -0.4 is 5.73 Å². The number of nitrogens with two attached hydrogens (primary N) is 1. The van der Waals surface area contributed by atoms with E-state index < -0.39 is 0 Å². The second kappa shape index (κ2) is 4.80. The largest absolute Gasteiger partial charge is 0.398 e. The molecule has 0 bridgehead atoms. The second-order valence-electron chi connectivity index (χ2n) is 4.55. The van der Waals surface area contributed by atoms with Gasteiger partial charge in [0, 0.05) is 18.2 Å². The first kappa shape index (κ1) is 12.9. The number of hydrogen-bond donors (Lipinski definition) is 1. The van der Waals surface area contributed by atoms with E-state index in [1.165, 1.54) is 12.1 Å². The Labute approximate surface area is 120 Å². The Morgan fingerprint density at radius 2 is 2.05 bits per heavy atom. The SMILES string of the molecule is CCn1c(-c2ccc(Cl)c(N)c2)nc2cc(F)ccc21. The molecule has 0 amide bonds. The van der Waals surface area contributed by atoms with Crippen molar-refractivity contribution in [2.75, 3.05) is 5.73 Å². The van der Waals surface area contributed by atoms with Crippen LogP contribution in [0.1, 0.15) is 6.92 Å². The quantitative estimate of drug-likeness (QED) is 0.722. The van der Waals surface area contributed by atoms with Gasteiger partial charge in [0.2, 0.25) is 0 Å². The molecule has 5 heteroatoms. The highest BCUT2D eigenvalue weighted by Gasteiger charge is 2.12. The summed E-state index contributed by atoms with van der Waals surface area (Å²) in [6.45, 7) is 2.76. The number of fused-ring (bicyclic) bond motifs is 1. The van der Waals surface area contributed by atoms with Gasteiger partial charge in [0.15, 0.2) is 0 Å². The van der Waals surface area contributed by atoms with E-state index in [2.05, 4.69) is 4.98 Å². The Morgan fingerprint density at radius 1 is 1.25 bits per heavy atom. The van der Waals surface area contributed by atoms with Crippen LogP contribution in [0.3, 0.4) is 0 Å². The van der Waals surface area contributed by atoms with Crippen LogP contribution in [-0.2, 0) is 6.54 Å². The van der Waals surface area contributed by atoms with Gasteiger partial charge < -0.3 is 10.3 Å². The molecule has 0 radical (unpaired) electrons. The Hall–Kier alpha value is -2.07. The zero-order valence-electron chi connectivity index (χ0n) is 10.9. The lowest BCUT2D eigenvalue weighted by molar-refractivity contribution is 0.629. The predicted octanol–water partition coefficient (Wildman–Crippen LogP) is 4.10. The number of anilines is 1. The van der Waals surface area contributed by atoms with Crippen molar-refractivity contribution in [3.8, 4) is 11.4 Å². The van der Waals surface area contributed by atoms with Gasteiger partial charge >= 0.3 is 0 Å². The molecule has 0 saturated carbocycles. The molecule has 0 aliphatic rings. The van der Waals surface area contributed by atoms with E-state index in [4.69, 9.17) is 17.3 Å². The maximum atomic E-state index is 13.3. The number of aryl methyl sites for hydroxylation is 1. The standard InChI is InChI=1S/C15H13ClFN3/c1-2-20-14-6-4-10(17)8-13(14)19-15(20)9-3-5-11(16)12(18)7-9/h3-8H,2,18H2,1H3. The summed E-state index contributed by atoms with van der Waals surface area (Å²) in [5.41, 5.74) is 8.74. The normalized spacial score (nSPS) is 11.2. The number of benzene rings is 2. The summed E-state index contributed by atoms with van der Waals surface area (Å²) in [5.74, 6) is 0.469. The van der Waals surface area contributed by atoms with Crippen molar-refractivity contribution in [3.63, 3.8) is 0 Å². The van der Waals surface area contributed by atoms with Gasteiger partial charge in [0.1, 0.15) is 11.6 Å². The van der Waals surface area contributed by atoms with Gasteiger partial charge in [0.05, 0.1) is 21.7 Å². The minimum Gasteiger partial charge on any atom is -0.398 e. The molecule has 20 heavy (non-hydrogen) atoms. The number of hydrogen-bond acceptors (Lipinski definition) is 2. The van der Waals surface area contributed by atoms with Crippen molar-refractivity contribution in [2.45, 2.75) is 13.5 Å². The Balaban J connectivity index is 2.26. The summed E-state index contributed by atoms with van der Waals surface area (Å²) in [4.78, 5) is 4.51. The average Bonchev–Trinajstić information content (AvgIpc) is 2.79. The first-order chi connectivity index (χ1) is 9.60. The summed E-state index contributed by atoms with van der Waals surface area (Å²) in [6.07, 6.45) is 0. The van der Waals surface area contributed by atoms with Gasteiger partial charge in [-0.25, -0.2) is 9.37 Å². The van der Waals surface area contributed by atoms with Crippen LogP contribution in [0.25, 0.3) is 22.4 Å². The lowest BCUT2D eigenvalue weighted by Gasteiger charge is -2.07. The average molecular weight is 290 g/mol. The first-order valence-corrected chi connectivity index (χ1v) is 6.69. The highest BCUT2D eigenvalue weighted by Crippen LogP contribution is 2.29. The third-order valence-electron chi connectivity index (χ3n) is 3.28. The molecule has 3 aromatic rings. The van der Waals surface area contributed by atoms with E-state index in [-0.39, 0.29) is 5.82 Å². The van der Waals surface area contributed by atoms with E-state index in [0.717, 1.165) is 23.4 Å². The summed E-state index contributed by atoms with van der Waals surface area (Å²) in [6, 6.07) is 10.0. The van der Waals surface area contributed by atoms with E-state index in [0.29, 0.717) is 16.2 Å². The number of aromatic nitrogens is 2. The van der Waals surface area contributed by atoms with E-state index in [9.17, 15) is 4.39 Å². The maximum absolute atomic E-state index is 13.3. The van der Waals surface area contributed by atoms with Crippen LogP contribution in [0.5, 0.6) is 0 Å². The molecule has 0 spiro atoms. The van der Waals surface area contributed by atoms with Gasteiger partial charge in [-0.2, -0.15) is 0 Å². The second-order valence-corrected chi connectivity index (χ2v) is 4.96. The van der Waals surface area contributed by atoms with E-state index in [1.54, 1.807) is 18.2 Å². The van der Waals surface area contributed by atoms with Crippen LogP contribution in [0.4, 0.5) is 10.1 Å². The molecular formula is C15H13ClFN3. The molecule has 2 aromatic carbocycles. The van der Waals surface area contributed by atoms with Crippen molar-refractivity contribution >= 4 is 28.3 Å². The molecule has 0 aliphatic heterocycles. The van der Waals surface area contributed by atoms with E-state index in [1.807, 2.05) is 17.6 Å². The van der Waals surface area contributed by atoms with Crippen molar-refractivity contribution in [3.05, 3.63) is 47.2 Å². The number of halogens is 2. The van der Waals surface area contributed by atoms with Gasteiger partial charge in [-0.3, -0.25) is 0 Å². The van der Waals surface area contributed by atoms with Gasteiger partial charge in [-0.05, 0) is 37.3 Å². The first-order valence-electron chi connectivity index (χ1n) is 6.31. The van der Waals surface area contributed by atoms with Crippen molar-refractivity contribution in [1.82, 2.24) is 9.55 Å². The topological polar surface area (TPSA) is 43.8 Å². The van der Waals surface area contributed by atoms with Crippen LogP contribution in [-0.4, -0.2) is 9.55 Å². The highest BCUT2D eigenvalue weighted by atomic mass is 35.5. The highest BCUT2D eigenvalue weighted by molar-refractivity contribution is 6.33. The molecular weight excluding hydrogens is 277 g/mol. The Morgan fingerprint density at radius 3 is 2.75 bits per heavy atom. The third kappa shape index (κ3) is 2.02. The molecule has 0 fully saturated rings. The fraction of sp³-hybridized carbons (Fsp3) is 0.133. The zero-order chi connectivity index (χ0) is 14.3. The summed E-state index contributed by atoms with van der Waals surface area (Å²) in [5, 5.41) is 0.513. The Bertz CT molecular complexity index is 795. The fourth-order valence-corrected chi connectivity index (χ4v) is 2.44. The maximum Gasteiger partial charge on any atom is 0.141 e. The van der Waals surface area contributed by atoms with Crippen LogP contribution in [0.15, 0.2) is 36.4 Å². The van der Waals surface area contributed by atoms with Crippen LogP contribution in [0, 0.1) is 5.82 Å². The number of rotatable bonds is 2. The molecule has 0 atom stereocenters. The Kier molecular flexibility index (Phi) is 3.10. The lowest BCUT2D eigenvalue weighted by atomic mass is 10.2. The molecule has 0 saturated heterocycles. The van der Waals surface area contributed by atoms with Gasteiger partial charge in [-0.15, -0.1) is 0 Å². The minimum absolute atomic E-state index is 0.291. The third-order valence-corrected chi connectivity index (χ3v) is 3.62. The molecule has 102 valence electrons. The van der Waals surface area contributed by atoms with E-state index >= 15 is 0 Å². The number of nitrogen functional groups attached to an aromatic ring is 1. The van der Waals surface area contributed by atoms with Crippen molar-refractivity contribution in [2.24, 2.45) is 0 Å². The molecule has 3 rings (SSSR count). The van der Waals surface area contributed by atoms with Crippen LogP contribution >= 0.6 is 11.6 Å². The molecule has 0 aliphatic carbocycles. The van der Waals surface area contributed by atoms with Crippen LogP contribution in [0.2, 0.25) is 5.02 Å². The fourth-order valence-electron chi connectivity index (χ4n) is 2.33. The molecule has 2 N–H and O–H groups in total. The number of nitrogens with zero attached hydrogens (tertiary/aromatic N) is 2. The summed E-state index contributed by atoms with van der Waals surface area (Å²) in [7, 11) is 0. The monoisotopic (exact) mass is 289 g/mol. The zero-order valence-corrected chi connectivity index (χ0v) is 11.7. The summed E-state index contributed by atoms with van der Waals surface area (Å²) < 4.78 is 15.3. The van der Waals surface area contributed by atoms with Crippen molar-refractivity contribution in [1.29, 1.82) is 0 Å². The van der Waals surface area contributed by atoms with Gasteiger partial charge in [0.25, 0.3) is 0 Å². The predicted molar refractivity (Wildman–Crippen MR) is 80.2 cm³/mol. The molecule has 0 unspecified atom stereocenters.